The average Bonchev–Trinajstić information content (AvgIpc) is 2.77. The minimum Gasteiger partial charge on any atom is -0.493 e. The van der Waals surface area contributed by atoms with E-state index in [1.165, 1.54) is 26.4 Å². The largest absolute Gasteiger partial charge is 0.493 e. The van der Waals surface area contributed by atoms with Crippen molar-refractivity contribution in [3.8, 4) is 5.75 Å². The molecule has 1 amide bonds. The predicted octanol–water partition coefficient (Wildman–Crippen LogP) is 5.97. The highest BCUT2D eigenvalue weighted by atomic mass is 79.9. The second kappa shape index (κ2) is 13.4. The molecule has 2 rings (SSSR count). The Hall–Kier alpha value is -2.05. The van der Waals surface area contributed by atoms with Crippen LogP contribution in [0.2, 0.25) is 5.02 Å². The molecule has 1 N–H and O–H groups in total. The zero-order chi connectivity index (χ0) is 22.6. The van der Waals surface area contributed by atoms with Gasteiger partial charge in [-0.2, -0.15) is 0 Å². The second-order valence-corrected chi connectivity index (χ2v) is 8.64. The van der Waals surface area contributed by atoms with Gasteiger partial charge in [-0.15, -0.1) is 0 Å². The van der Waals surface area contributed by atoms with E-state index in [1.54, 1.807) is 18.2 Å². The van der Waals surface area contributed by atoms with E-state index >= 15 is 0 Å². The Bertz CT molecular complexity index is 857. The maximum Gasteiger partial charge on any atom is 0.328 e. The number of esters is 1. The standard InChI is InChI=1S/C24H29BrClNO4/c1-3-4-5-6-7-14-31-22-13-12-19(26)16-20(22)23(28)27-21(24(29)30-2)15-17-8-10-18(25)11-9-17/h8-13,16,21H,3-7,14-15H2,1-2H3,(H,27,28)/t21-/m0/s1. The van der Waals surface area contributed by atoms with Crippen LogP contribution in [0, 0.1) is 0 Å². The number of ether oxygens (including phenoxy) is 2. The summed E-state index contributed by atoms with van der Waals surface area (Å²) >= 11 is 9.51. The summed E-state index contributed by atoms with van der Waals surface area (Å²) in [5, 5.41) is 3.19. The van der Waals surface area contributed by atoms with Crippen LogP contribution in [0.4, 0.5) is 0 Å². The molecule has 168 valence electrons. The van der Waals surface area contributed by atoms with E-state index in [2.05, 4.69) is 28.2 Å². The number of rotatable bonds is 12. The van der Waals surface area contributed by atoms with Crippen molar-refractivity contribution in [3.05, 3.63) is 63.1 Å². The molecule has 0 spiro atoms. The van der Waals surface area contributed by atoms with E-state index in [1.807, 2.05) is 24.3 Å². The molecule has 0 aliphatic carbocycles. The van der Waals surface area contributed by atoms with E-state index in [0.717, 1.165) is 22.9 Å². The topological polar surface area (TPSA) is 64.6 Å². The first-order valence-corrected chi connectivity index (χ1v) is 11.7. The summed E-state index contributed by atoms with van der Waals surface area (Å²) in [5.74, 6) is -0.502. The molecule has 0 saturated carbocycles. The third kappa shape index (κ3) is 8.54. The highest BCUT2D eigenvalue weighted by Gasteiger charge is 2.24. The van der Waals surface area contributed by atoms with Gasteiger partial charge in [0.25, 0.3) is 5.91 Å². The first-order valence-electron chi connectivity index (χ1n) is 10.5. The van der Waals surface area contributed by atoms with E-state index in [-0.39, 0.29) is 0 Å². The zero-order valence-electron chi connectivity index (χ0n) is 18.0. The van der Waals surface area contributed by atoms with Crippen LogP contribution in [0.1, 0.15) is 54.9 Å². The van der Waals surface area contributed by atoms with E-state index < -0.39 is 17.9 Å². The molecule has 31 heavy (non-hydrogen) atoms. The van der Waals surface area contributed by atoms with E-state index in [4.69, 9.17) is 21.1 Å². The number of unbranched alkanes of at least 4 members (excludes halogenated alkanes) is 4. The van der Waals surface area contributed by atoms with Gasteiger partial charge >= 0.3 is 5.97 Å². The Morgan fingerprint density at radius 1 is 1.06 bits per heavy atom. The summed E-state index contributed by atoms with van der Waals surface area (Å²) in [5.41, 5.74) is 1.19. The first-order chi connectivity index (χ1) is 14.9. The molecule has 0 aliphatic rings. The lowest BCUT2D eigenvalue weighted by molar-refractivity contribution is -0.142. The number of carbonyl (C=O) groups excluding carboxylic acids is 2. The molecule has 0 radical (unpaired) electrons. The van der Waals surface area contributed by atoms with E-state index in [9.17, 15) is 9.59 Å². The van der Waals surface area contributed by atoms with Crippen LogP contribution in [0.5, 0.6) is 5.75 Å². The lowest BCUT2D eigenvalue weighted by Crippen LogP contribution is -2.43. The molecule has 5 nitrogen and oxygen atoms in total. The fraction of sp³-hybridized carbons (Fsp3) is 0.417. The smallest absolute Gasteiger partial charge is 0.328 e. The van der Waals surface area contributed by atoms with Gasteiger partial charge in [0.15, 0.2) is 0 Å². The van der Waals surface area contributed by atoms with Gasteiger partial charge in [0.1, 0.15) is 11.8 Å². The summed E-state index contributed by atoms with van der Waals surface area (Å²) < 4.78 is 11.7. The van der Waals surface area contributed by atoms with Crippen molar-refractivity contribution in [1.29, 1.82) is 0 Å². The van der Waals surface area contributed by atoms with Crippen LogP contribution in [-0.2, 0) is 16.0 Å². The second-order valence-electron chi connectivity index (χ2n) is 7.28. The molecule has 0 heterocycles. The number of benzene rings is 2. The van der Waals surface area contributed by atoms with Gasteiger partial charge in [0, 0.05) is 15.9 Å². The summed E-state index contributed by atoms with van der Waals surface area (Å²) in [6.45, 7) is 2.69. The third-order valence-corrected chi connectivity index (χ3v) is 5.60. The summed E-state index contributed by atoms with van der Waals surface area (Å²) in [6, 6.07) is 11.6. The maximum atomic E-state index is 13.0. The molecule has 2 aromatic carbocycles. The maximum absolute atomic E-state index is 13.0. The molecule has 2 aromatic rings. The van der Waals surface area contributed by atoms with E-state index in [0.29, 0.717) is 29.4 Å². The predicted molar refractivity (Wildman–Crippen MR) is 127 cm³/mol. The normalized spacial score (nSPS) is 11.6. The average molecular weight is 511 g/mol. The summed E-state index contributed by atoms with van der Waals surface area (Å²) in [6.07, 6.45) is 5.87. The quantitative estimate of drug-likeness (QED) is 0.282. The molecule has 7 heteroatoms. The van der Waals surface area contributed by atoms with Gasteiger partial charge in [-0.1, -0.05) is 72.3 Å². The fourth-order valence-corrected chi connectivity index (χ4v) is 3.56. The summed E-state index contributed by atoms with van der Waals surface area (Å²) in [4.78, 5) is 25.3. The van der Waals surface area contributed by atoms with Crippen molar-refractivity contribution in [2.24, 2.45) is 0 Å². The monoisotopic (exact) mass is 509 g/mol. The van der Waals surface area contributed by atoms with Crippen molar-refractivity contribution in [1.82, 2.24) is 5.32 Å². The summed E-state index contributed by atoms with van der Waals surface area (Å²) in [7, 11) is 1.30. The van der Waals surface area contributed by atoms with Crippen LogP contribution in [-0.4, -0.2) is 31.6 Å². The highest BCUT2D eigenvalue weighted by molar-refractivity contribution is 9.10. The lowest BCUT2D eigenvalue weighted by Gasteiger charge is -2.18. The van der Waals surface area contributed by atoms with Crippen molar-refractivity contribution < 1.29 is 19.1 Å². The number of methoxy groups -OCH3 is 1. The van der Waals surface area contributed by atoms with Crippen LogP contribution in [0.3, 0.4) is 0 Å². The third-order valence-electron chi connectivity index (χ3n) is 4.84. The Balaban J connectivity index is 2.08. The highest BCUT2D eigenvalue weighted by Crippen LogP contribution is 2.24. The van der Waals surface area contributed by atoms with Gasteiger partial charge in [-0.25, -0.2) is 4.79 Å². The minimum absolute atomic E-state index is 0.297. The molecule has 0 aliphatic heterocycles. The number of amides is 1. The molecule has 0 bridgehead atoms. The Morgan fingerprint density at radius 3 is 2.45 bits per heavy atom. The molecule has 0 unspecified atom stereocenters. The van der Waals surface area contributed by atoms with Gasteiger partial charge in [-0.3, -0.25) is 4.79 Å². The van der Waals surface area contributed by atoms with Crippen molar-refractivity contribution in [2.75, 3.05) is 13.7 Å². The SMILES string of the molecule is CCCCCCCOc1ccc(Cl)cc1C(=O)N[C@@H](Cc1ccc(Br)cc1)C(=O)OC. The zero-order valence-corrected chi connectivity index (χ0v) is 20.3. The Kier molecular flexibility index (Phi) is 10.9. The number of carbonyl (C=O) groups is 2. The van der Waals surface area contributed by atoms with Crippen molar-refractivity contribution in [2.45, 2.75) is 51.5 Å². The molecular weight excluding hydrogens is 482 g/mol. The fourth-order valence-electron chi connectivity index (χ4n) is 3.12. The van der Waals surface area contributed by atoms with Gasteiger partial charge in [0.05, 0.1) is 19.3 Å². The Morgan fingerprint density at radius 2 is 1.77 bits per heavy atom. The molecule has 1 atom stereocenters. The number of hydrogen-bond donors (Lipinski definition) is 1. The minimum atomic E-state index is -0.834. The molecule has 0 fully saturated rings. The van der Waals surface area contributed by atoms with Gasteiger partial charge < -0.3 is 14.8 Å². The van der Waals surface area contributed by atoms with Crippen LogP contribution in [0.15, 0.2) is 46.9 Å². The number of hydrogen-bond acceptors (Lipinski definition) is 4. The van der Waals surface area contributed by atoms with Crippen molar-refractivity contribution in [3.63, 3.8) is 0 Å². The van der Waals surface area contributed by atoms with Crippen LogP contribution in [0.25, 0.3) is 0 Å². The molecular formula is C24H29BrClNO4. The van der Waals surface area contributed by atoms with Crippen LogP contribution < -0.4 is 10.1 Å². The molecule has 0 aromatic heterocycles. The van der Waals surface area contributed by atoms with Gasteiger partial charge in [-0.05, 0) is 42.3 Å². The lowest BCUT2D eigenvalue weighted by atomic mass is 10.1. The Labute approximate surface area is 197 Å². The van der Waals surface area contributed by atoms with Crippen molar-refractivity contribution >= 4 is 39.4 Å². The van der Waals surface area contributed by atoms with Gasteiger partial charge in [0.2, 0.25) is 0 Å². The van der Waals surface area contributed by atoms with Crippen LogP contribution >= 0.6 is 27.5 Å². The number of nitrogens with one attached hydrogen (secondary N) is 1. The number of halogens is 2. The molecule has 0 saturated heterocycles. The first kappa shape index (κ1) is 25.2.